The number of hydrogen-bond acceptors (Lipinski definition) is 4. The monoisotopic (exact) mass is 368 g/mol. The number of benzene rings is 2. The molecule has 0 radical (unpaired) electrons. The summed E-state index contributed by atoms with van der Waals surface area (Å²) in [7, 11) is 1.63. The Bertz CT molecular complexity index is 775. The average Bonchev–Trinajstić information content (AvgIpc) is 2.82. The fourth-order valence-corrected chi connectivity index (χ4v) is 3.39. The van der Waals surface area contributed by atoms with Crippen molar-refractivity contribution < 1.29 is 4.74 Å². The smallest absolute Gasteiger partial charge is 0.188 e. The highest BCUT2D eigenvalue weighted by atomic mass is 79.9. The molecule has 0 aliphatic rings. The van der Waals surface area contributed by atoms with Crippen molar-refractivity contribution in [2.24, 2.45) is 0 Å². The van der Waals surface area contributed by atoms with Crippen LogP contribution in [0.15, 0.2) is 40.9 Å². The largest absolute Gasteiger partial charge is 0.497 e. The van der Waals surface area contributed by atoms with Gasteiger partial charge in [0, 0.05) is 10.5 Å². The van der Waals surface area contributed by atoms with Gasteiger partial charge in [-0.05, 0) is 30.3 Å². The molecule has 3 aromatic rings. The third-order valence-corrected chi connectivity index (χ3v) is 4.52. The maximum absolute atomic E-state index is 6.18. The molecule has 0 unspecified atom stereocenters. The van der Waals surface area contributed by atoms with Crippen molar-refractivity contribution in [3.63, 3.8) is 0 Å². The molecule has 1 heterocycles. The van der Waals surface area contributed by atoms with Crippen LogP contribution in [0.25, 0.3) is 10.2 Å². The zero-order valence-corrected chi connectivity index (χ0v) is 13.6. The van der Waals surface area contributed by atoms with Crippen LogP contribution < -0.4 is 10.1 Å². The molecule has 0 saturated heterocycles. The van der Waals surface area contributed by atoms with Gasteiger partial charge in [-0.1, -0.05) is 38.9 Å². The summed E-state index contributed by atoms with van der Waals surface area (Å²) in [6.07, 6.45) is 0. The maximum Gasteiger partial charge on any atom is 0.188 e. The second-order valence-electron chi connectivity index (χ2n) is 4.10. The van der Waals surface area contributed by atoms with Gasteiger partial charge in [0.25, 0.3) is 0 Å². The minimum absolute atomic E-state index is 0.631. The minimum Gasteiger partial charge on any atom is -0.497 e. The van der Waals surface area contributed by atoms with Gasteiger partial charge in [0.1, 0.15) is 5.75 Å². The van der Waals surface area contributed by atoms with Crippen LogP contribution in [0.3, 0.4) is 0 Å². The van der Waals surface area contributed by atoms with Crippen molar-refractivity contribution in [3.05, 3.63) is 45.9 Å². The van der Waals surface area contributed by atoms with Gasteiger partial charge < -0.3 is 10.1 Å². The number of thiazole rings is 1. The zero-order valence-electron chi connectivity index (χ0n) is 10.5. The van der Waals surface area contributed by atoms with Crippen molar-refractivity contribution in [2.45, 2.75) is 0 Å². The quantitative estimate of drug-likeness (QED) is 0.665. The van der Waals surface area contributed by atoms with Crippen molar-refractivity contribution in [1.29, 1.82) is 0 Å². The topological polar surface area (TPSA) is 34.1 Å². The van der Waals surface area contributed by atoms with Crippen LogP contribution in [0.5, 0.6) is 5.75 Å². The van der Waals surface area contributed by atoms with E-state index in [1.165, 1.54) is 0 Å². The molecule has 0 amide bonds. The molecule has 0 fully saturated rings. The Balaban J connectivity index is 1.96. The average molecular weight is 370 g/mol. The Morgan fingerprint density at radius 1 is 1.25 bits per heavy atom. The standard InChI is InChI=1S/C14H10BrClN2OS/c1-19-9-3-4-10(16)12(7-9)18-14-17-11-5-2-8(15)6-13(11)20-14/h2-7H,1H3,(H,17,18). The normalized spacial score (nSPS) is 10.8. The number of methoxy groups -OCH3 is 1. The number of halogens is 2. The number of nitrogens with zero attached hydrogens (tertiary/aromatic N) is 1. The van der Waals surface area contributed by atoms with E-state index < -0.39 is 0 Å². The van der Waals surface area contributed by atoms with Gasteiger partial charge in [0.15, 0.2) is 5.13 Å². The first-order valence-corrected chi connectivity index (χ1v) is 7.81. The molecule has 1 aromatic heterocycles. The number of hydrogen-bond donors (Lipinski definition) is 1. The van der Waals surface area contributed by atoms with E-state index in [9.17, 15) is 0 Å². The van der Waals surface area contributed by atoms with Crippen molar-refractivity contribution in [3.8, 4) is 5.75 Å². The van der Waals surface area contributed by atoms with Crippen molar-refractivity contribution >= 4 is 59.9 Å². The molecule has 0 spiro atoms. The molecule has 0 saturated carbocycles. The molecule has 3 rings (SSSR count). The lowest BCUT2D eigenvalue weighted by Gasteiger charge is -2.07. The number of anilines is 2. The Morgan fingerprint density at radius 2 is 2.10 bits per heavy atom. The molecule has 102 valence electrons. The number of rotatable bonds is 3. The summed E-state index contributed by atoms with van der Waals surface area (Å²) in [5.74, 6) is 0.751. The number of fused-ring (bicyclic) bond motifs is 1. The Kier molecular flexibility index (Phi) is 3.83. The summed E-state index contributed by atoms with van der Waals surface area (Å²) in [4.78, 5) is 4.53. The van der Waals surface area contributed by atoms with Gasteiger partial charge in [-0.25, -0.2) is 4.98 Å². The maximum atomic E-state index is 6.18. The second kappa shape index (κ2) is 5.60. The first kappa shape index (κ1) is 13.7. The summed E-state index contributed by atoms with van der Waals surface area (Å²) in [6.45, 7) is 0. The lowest BCUT2D eigenvalue weighted by molar-refractivity contribution is 0.415. The summed E-state index contributed by atoms with van der Waals surface area (Å²) < 4.78 is 7.35. The van der Waals surface area contributed by atoms with E-state index in [4.69, 9.17) is 16.3 Å². The third kappa shape index (κ3) is 2.75. The van der Waals surface area contributed by atoms with Crippen LogP contribution in [0, 0.1) is 0 Å². The van der Waals surface area contributed by atoms with E-state index in [0.717, 1.165) is 31.3 Å². The molecule has 0 atom stereocenters. The Hall–Kier alpha value is -1.30. The van der Waals surface area contributed by atoms with Crippen LogP contribution >= 0.6 is 38.9 Å². The minimum atomic E-state index is 0.631. The predicted octanol–water partition coefficient (Wildman–Crippen LogP) is 5.46. The fourth-order valence-electron chi connectivity index (χ4n) is 1.79. The van der Waals surface area contributed by atoms with E-state index in [2.05, 4.69) is 26.2 Å². The van der Waals surface area contributed by atoms with Crippen LogP contribution in [-0.2, 0) is 0 Å². The number of nitrogens with one attached hydrogen (secondary N) is 1. The predicted molar refractivity (Wildman–Crippen MR) is 88.6 cm³/mol. The van der Waals surface area contributed by atoms with E-state index in [1.54, 1.807) is 24.5 Å². The Labute approximate surface area is 133 Å². The fraction of sp³-hybridized carbons (Fsp3) is 0.0714. The van der Waals surface area contributed by atoms with Gasteiger partial charge in [0.05, 0.1) is 28.0 Å². The molecular weight excluding hydrogens is 360 g/mol. The zero-order chi connectivity index (χ0) is 14.1. The first-order valence-electron chi connectivity index (χ1n) is 5.82. The van der Waals surface area contributed by atoms with Crippen LogP contribution in [0.2, 0.25) is 5.02 Å². The summed E-state index contributed by atoms with van der Waals surface area (Å²) in [5.41, 5.74) is 1.74. The molecule has 3 nitrogen and oxygen atoms in total. The number of ether oxygens (including phenoxy) is 1. The van der Waals surface area contributed by atoms with Crippen molar-refractivity contribution in [1.82, 2.24) is 4.98 Å². The van der Waals surface area contributed by atoms with Crippen LogP contribution in [0.4, 0.5) is 10.8 Å². The molecular formula is C14H10BrClN2OS. The second-order valence-corrected chi connectivity index (χ2v) is 6.46. The Morgan fingerprint density at radius 3 is 2.90 bits per heavy atom. The molecule has 0 bridgehead atoms. The molecule has 20 heavy (non-hydrogen) atoms. The molecule has 6 heteroatoms. The molecule has 1 N–H and O–H groups in total. The van der Waals surface area contributed by atoms with E-state index in [-0.39, 0.29) is 0 Å². The lowest BCUT2D eigenvalue weighted by Crippen LogP contribution is -1.91. The van der Waals surface area contributed by atoms with E-state index in [1.807, 2.05) is 30.3 Å². The van der Waals surface area contributed by atoms with E-state index >= 15 is 0 Å². The third-order valence-electron chi connectivity index (χ3n) is 2.77. The summed E-state index contributed by atoms with van der Waals surface area (Å²) in [5, 5.41) is 4.67. The van der Waals surface area contributed by atoms with Crippen LogP contribution in [0.1, 0.15) is 0 Å². The van der Waals surface area contributed by atoms with Crippen LogP contribution in [-0.4, -0.2) is 12.1 Å². The summed E-state index contributed by atoms with van der Waals surface area (Å²) >= 11 is 11.2. The number of aromatic nitrogens is 1. The SMILES string of the molecule is COc1ccc(Cl)c(Nc2nc3ccc(Br)cc3s2)c1. The van der Waals surface area contributed by atoms with Gasteiger partial charge in [-0.2, -0.15) is 0 Å². The molecule has 2 aromatic carbocycles. The molecule has 0 aliphatic carbocycles. The highest BCUT2D eigenvalue weighted by molar-refractivity contribution is 9.10. The first-order chi connectivity index (χ1) is 9.65. The van der Waals surface area contributed by atoms with Gasteiger partial charge in [0.2, 0.25) is 0 Å². The highest BCUT2D eigenvalue weighted by Gasteiger charge is 2.07. The van der Waals surface area contributed by atoms with Crippen molar-refractivity contribution in [2.75, 3.05) is 12.4 Å². The lowest BCUT2D eigenvalue weighted by atomic mass is 10.3. The molecule has 0 aliphatic heterocycles. The van der Waals surface area contributed by atoms with Gasteiger partial charge >= 0.3 is 0 Å². The summed E-state index contributed by atoms with van der Waals surface area (Å²) in [6, 6.07) is 11.5. The highest BCUT2D eigenvalue weighted by Crippen LogP contribution is 2.34. The van der Waals surface area contributed by atoms with Gasteiger partial charge in [-0.3, -0.25) is 0 Å². The van der Waals surface area contributed by atoms with Gasteiger partial charge in [-0.15, -0.1) is 0 Å². The van der Waals surface area contributed by atoms with E-state index in [0.29, 0.717) is 5.02 Å².